The molecule has 110 valence electrons. The third-order valence-electron chi connectivity index (χ3n) is 3.13. The molecule has 0 fully saturated rings. The summed E-state index contributed by atoms with van der Waals surface area (Å²) in [4.78, 5) is 13.2. The van der Waals surface area contributed by atoms with Crippen LogP contribution in [0.5, 0.6) is 0 Å². The Bertz CT molecular complexity index is 641. The van der Waals surface area contributed by atoms with E-state index in [0.29, 0.717) is 12.1 Å². The molecule has 2 rings (SSSR count). The number of esters is 1. The summed E-state index contributed by atoms with van der Waals surface area (Å²) < 4.78 is 31.2. The van der Waals surface area contributed by atoms with Crippen molar-refractivity contribution in [2.45, 2.75) is 6.54 Å². The third-order valence-corrected chi connectivity index (χ3v) is 3.13. The molecule has 0 spiro atoms. The van der Waals surface area contributed by atoms with E-state index in [1.807, 2.05) is 11.9 Å². The number of anilines is 1. The highest BCUT2D eigenvalue weighted by Gasteiger charge is 2.13. The molecule has 0 amide bonds. The van der Waals surface area contributed by atoms with E-state index in [0.717, 1.165) is 5.69 Å². The summed E-state index contributed by atoms with van der Waals surface area (Å²) >= 11 is 0. The number of carbonyl (C=O) groups excluding carboxylic acids is 1. The number of carbonyl (C=O) groups is 1. The van der Waals surface area contributed by atoms with Gasteiger partial charge in [-0.1, -0.05) is 6.07 Å². The average molecular weight is 291 g/mol. The molecule has 0 saturated carbocycles. The minimum absolute atomic E-state index is 0.0920. The van der Waals surface area contributed by atoms with Crippen LogP contribution in [0, 0.1) is 11.6 Å². The van der Waals surface area contributed by atoms with Gasteiger partial charge in [-0.3, -0.25) is 0 Å². The summed E-state index contributed by atoms with van der Waals surface area (Å²) in [6.45, 7) is 0.435. The van der Waals surface area contributed by atoms with Crippen LogP contribution in [-0.4, -0.2) is 20.1 Å². The Labute approximate surface area is 121 Å². The van der Waals surface area contributed by atoms with Gasteiger partial charge < -0.3 is 9.64 Å². The zero-order valence-electron chi connectivity index (χ0n) is 11.8. The zero-order valence-corrected chi connectivity index (χ0v) is 11.8. The molecule has 0 saturated heterocycles. The Morgan fingerprint density at radius 1 is 1.14 bits per heavy atom. The number of halogens is 2. The van der Waals surface area contributed by atoms with Gasteiger partial charge in [0.05, 0.1) is 12.7 Å². The molecular formula is C16H15F2NO2. The maximum Gasteiger partial charge on any atom is 0.340 e. The normalized spacial score (nSPS) is 10.3. The summed E-state index contributed by atoms with van der Waals surface area (Å²) in [6, 6.07) is 10.4. The molecule has 0 aliphatic carbocycles. The number of methoxy groups -OCH3 is 1. The summed E-state index contributed by atoms with van der Waals surface area (Å²) in [6.07, 6.45) is 0. The summed E-state index contributed by atoms with van der Waals surface area (Å²) in [5.74, 6) is -1.63. The molecule has 21 heavy (non-hydrogen) atoms. The van der Waals surface area contributed by atoms with Crippen molar-refractivity contribution < 1.29 is 18.3 Å². The Balaban J connectivity index is 2.14. The molecular weight excluding hydrogens is 276 g/mol. The van der Waals surface area contributed by atoms with Crippen molar-refractivity contribution in [3.63, 3.8) is 0 Å². The minimum Gasteiger partial charge on any atom is -0.465 e. The lowest BCUT2D eigenvalue weighted by Crippen LogP contribution is -2.16. The number of hydrogen-bond donors (Lipinski definition) is 0. The van der Waals surface area contributed by atoms with Gasteiger partial charge in [-0.05, 0) is 42.0 Å². The van der Waals surface area contributed by atoms with Crippen molar-refractivity contribution in [2.24, 2.45) is 0 Å². The van der Waals surface area contributed by atoms with E-state index in [9.17, 15) is 13.6 Å². The highest BCUT2D eigenvalue weighted by Crippen LogP contribution is 2.18. The second-order valence-corrected chi connectivity index (χ2v) is 4.64. The number of hydrogen-bond acceptors (Lipinski definition) is 3. The first-order chi connectivity index (χ1) is 10.0. The van der Waals surface area contributed by atoms with Crippen molar-refractivity contribution in [2.75, 3.05) is 19.1 Å². The van der Waals surface area contributed by atoms with Crippen LogP contribution < -0.4 is 4.90 Å². The number of nitrogens with zero attached hydrogens (tertiary/aromatic N) is 1. The van der Waals surface area contributed by atoms with E-state index in [2.05, 4.69) is 4.74 Å². The van der Waals surface area contributed by atoms with Crippen LogP contribution in [0.2, 0.25) is 0 Å². The highest BCUT2D eigenvalue weighted by molar-refractivity contribution is 5.89. The predicted octanol–water partition coefficient (Wildman–Crippen LogP) is 3.39. The third kappa shape index (κ3) is 3.56. The number of benzene rings is 2. The standard InChI is InChI=1S/C16H15F2NO2/c1-19(13-6-4-12(17)5-7-13)10-11-3-8-14(15(18)9-11)16(20)21-2/h3-9H,10H2,1-2H3. The largest absolute Gasteiger partial charge is 0.465 e. The van der Waals surface area contributed by atoms with Crippen LogP contribution in [0.25, 0.3) is 0 Å². The van der Waals surface area contributed by atoms with Gasteiger partial charge in [-0.2, -0.15) is 0 Å². The van der Waals surface area contributed by atoms with Gasteiger partial charge in [0.25, 0.3) is 0 Å². The van der Waals surface area contributed by atoms with Crippen LogP contribution in [0.1, 0.15) is 15.9 Å². The highest BCUT2D eigenvalue weighted by atomic mass is 19.1. The van der Waals surface area contributed by atoms with E-state index < -0.39 is 11.8 Å². The maximum atomic E-state index is 13.8. The first-order valence-corrected chi connectivity index (χ1v) is 6.34. The number of ether oxygens (including phenoxy) is 1. The van der Waals surface area contributed by atoms with Crippen molar-refractivity contribution in [1.82, 2.24) is 0 Å². The minimum atomic E-state index is -0.703. The molecule has 0 aromatic heterocycles. The lowest BCUT2D eigenvalue weighted by molar-refractivity contribution is 0.0595. The molecule has 0 radical (unpaired) electrons. The SMILES string of the molecule is COC(=O)c1ccc(CN(C)c2ccc(F)cc2)cc1F. The fourth-order valence-electron chi connectivity index (χ4n) is 1.99. The Morgan fingerprint density at radius 2 is 1.81 bits per heavy atom. The van der Waals surface area contributed by atoms with E-state index in [4.69, 9.17) is 0 Å². The first-order valence-electron chi connectivity index (χ1n) is 6.34. The maximum absolute atomic E-state index is 13.8. The van der Waals surface area contributed by atoms with Crippen LogP contribution in [0.4, 0.5) is 14.5 Å². The van der Waals surface area contributed by atoms with Crippen molar-refractivity contribution in [3.05, 3.63) is 65.2 Å². The van der Waals surface area contributed by atoms with Gasteiger partial charge in [0.2, 0.25) is 0 Å². The van der Waals surface area contributed by atoms with E-state index >= 15 is 0 Å². The second kappa shape index (κ2) is 6.35. The summed E-state index contributed by atoms with van der Waals surface area (Å²) in [5.41, 5.74) is 1.42. The summed E-state index contributed by atoms with van der Waals surface area (Å²) in [5, 5.41) is 0. The van der Waals surface area contributed by atoms with E-state index in [1.165, 1.54) is 31.4 Å². The van der Waals surface area contributed by atoms with E-state index in [-0.39, 0.29) is 11.4 Å². The van der Waals surface area contributed by atoms with Gasteiger partial charge >= 0.3 is 5.97 Å². The fourth-order valence-corrected chi connectivity index (χ4v) is 1.99. The molecule has 5 heteroatoms. The lowest BCUT2D eigenvalue weighted by Gasteiger charge is -2.19. The Hall–Kier alpha value is -2.43. The van der Waals surface area contributed by atoms with Gasteiger partial charge in [-0.15, -0.1) is 0 Å². The molecule has 0 N–H and O–H groups in total. The molecule has 0 atom stereocenters. The molecule has 0 bridgehead atoms. The van der Waals surface area contributed by atoms with Crippen molar-refractivity contribution in [1.29, 1.82) is 0 Å². The van der Waals surface area contributed by atoms with Crippen molar-refractivity contribution >= 4 is 11.7 Å². The molecule has 2 aromatic carbocycles. The smallest absolute Gasteiger partial charge is 0.340 e. The van der Waals surface area contributed by atoms with Crippen LogP contribution in [0.3, 0.4) is 0 Å². The van der Waals surface area contributed by atoms with Crippen molar-refractivity contribution in [3.8, 4) is 0 Å². The molecule has 0 aliphatic heterocycles. The molecule has 3 nitrogen and oxygen atoms in total. The lowest BCUT2D eigenvalue weighted by atomic mass is 10.1. The summed E-state index contributed by atoms with van der Waals surface area (Å²) in [7, 11) is 3.03. The second-order valence-electron chi connectivity index (χ2n) is 4.64. The topological polar surface area (TPSA) is 29.5 Å². The first kappa shape index (κ1) is 15.0. The van der Waals surface area contributed by atoms with Crippen LogP contribution in [0.15, 0.2) is 42.5 Å². The van der Waals surface area contributed by atoms with Gasteiger partial charge in [0.1, 0.15) is 11.6 Å². The molecule has 0 aliphatic rings. The zero-order chi connectivity index (χ0) is 15.4. The van der Waals surface area contributed by atoms with Gasteiger partial charge in [0.15, 0.2) is 0 Å². The predicted molar refractivity (Wildman–Crippen MR) is 76.2 cm³/mol. The Kier molecular flexibility index (Phi) is 4.52. The van der Waals surface area contributed by atoms with Gasteiger partial charge in [0, 0.05) is 19.3 Å². The quantitative estimate of drug-likeness (QED) is 0.809. The van der Waals surface area contributed by atoms with Crippen LogP contribution in [-0.2, 0) is 11.3 Å². The fraction of sp³-hybridized carbons (Fsp3) is 0.188. The molecule has 0 heterocycles. The monoisotopic (exact) mass is 291 g/mol. The van der Waals surface area contributed by atoms with Crippen LogP contribution >= 0.6 is 0 Å². The number of rotatable bonds is 4. The Morgan fingerprint density at radius 3 is 2.38 bits per heavy atom. The molecule has 0 unspecified atom stereocenters. The average Bonchev–Trinajstić information content (AvgIpc) is 2.47. The van der Waals surface area contributed by atoms with E-state index in [1.54, 1.807) is 18.2 Å². The van der Waals surface area contributed by atoms with Gasteiger partial charge in [-0.25, -0.2) is 13.6 Å². The molecule has 2 aromatic rings.